The molecule has 1 fully saturated rings. The predicted molar refractivity (Wildman–Crippen MR) is 127 cm³/mol. The largest absolute Gasteiger partial charge is 0.478 e. The summed E-state index contributed by atoms with van der Waals surface area (Å²) in [7, 11) is 0. The Labute approximate surface area is 195 Å². The molecule has 7 heteroatoms. The number of esters is 1. The molecule has 3 N–H and O–H groups in total. The Kier molecular flexibility index (Phi) is 11.1. The van der Waals surface area contributed by atoms with Crippen molar-refractivity contribution < 1.29 is 24.2 Å². The summed E-state index contributed by atoms with van der Waals surface area (Å²) in [5.74, 6) is -0.833. The zero-order valence-electron chi connectivity index (χ0n) is 19.1. The minimum atomic E-state index is -1.20. The van der Waals surface area contributed by atoms with Crippen molar-refractivity contribution in [1.29, 1.82) is 0 Å². The van der Waals surface area contributed by atoms with Gasteiger partial charge in [0.15, 0.2) is 5.78 Å². The number of carboxylic acids is 1. The quantitative estimate of drug-likeness (QED) is 0.168. The number of carboxylic acid groups (broad SMARTS) is 1. The van der Waals surface area contributed by atoms with Gasteiger partial charge in [-0.25, -0.2) is 9.59 Å². The first-order valence-electron chi connectivity index (χ1n) is 11.8. The number of carbonyl (C=O) groups excluding carboxylic acids is 2. The summed E-state index contributed by atoms with van der Waals surface area (Å²) in [6, 6.07) is 3.89. The van der Waals surface area contributed by atoms with Gasteiger partial charge in [-0.3, -0.25) is 4.79 Å². The summed E-state index contributed by atoms with van der Waals surface area (Å²) < 4.78 is 5.11. The SMILES string of the molecule is CCC(N)(CCc1ccc(C(=O)CCCCC2CCCCC2)s1)COC(=O)C=CC(=O)O. The Morgan fingerprint density at radius 1 is 1.19 bits per heavy atom. The van der Waals surface area contributed by atoms with Crippen LogP contribution in [0.5, 0.6) is 0 Å². The van der Waals surface area contributed by atoms with E-state index in [4.69, 9.17) is 15.6 Å². The average Bonchev–Trinajstić information content (AvgIpc) is 3.28. The van der Waals surface area contributed by atoms with Crippen LogP contribution in [0.25, 0.3) is 0 Å². The van der Waals surface area contributed by atoms with Crippen LogP contribution >= 0.6 is 11.3 Å². The number of carbonyl (C=O) groups is 3. The highest BCUT2D eigenvalue weighted by Crippen LogP contribution is 2.28. The molecule has 1 aromatic heterocycles. The molecule has 1 aliphatic rings. The number of thiophene rings is 1. The number of aryl methyl sites for hydroxylation is 1. The molecule has 0 aliphatic heterocycles. The molecule has 178 valence electrons. The third-order valence-electron chi connectivity index (χ3n) is 6.36. The lowest BCUT2D eigenvalue weighted by Gasteiger charge is -2.27. The highest BCUT2D eigenvalue weighted by molar-refractivity contribution is 7.14. The summed E-state index contributed by atoms with van der Waals surface area (Å²) in [5.41, 5.74) is 5.68. The second kappa shape index (κ2) is 13.5. The van der Waals surface area contributed by atoms with Gasteiger partial charge in [0, 0.05) is 23.5 Å². The van der Waals surface area contributed by atoms with Crippen LogP contribution in [-0.4, -0.2) is 35.0 Å². The second-order valence-electron chi connectivity index (χ2n) is 8.93. The molecule has 6 nitrogen and oxygen atoms in total. The third-order valence-corrected chi connectivity index (χ3v) is 7.55. The molecule has 0 saturated heterocycles. The van der Waals surface area contributed by atoms with E-state index in [0.29, 0.717) is 25.7 Å². The number of aliphatic carboxylic acids is 1. The molecule has 0 bridgehead atoms. The Hall–Kier alpha value is -1.99. The number of ketones is 1. The lowest BCUT2D eigenvalue weighted by molar-refractivity contribution is -0.140. The fourth-order valence-corrected chi connectivity index (χ4v) is 5.08. The number of unbranched alkanes of at least 4 members (excludes halogenated alkanes) is 1. The summed E-state index contributed by atoms with van der Waals surface area (Å²) in [4.78, 5) is 36.5. The van der Waals surface area contributed by atoms with Gasteiger partial charge in [0.25, 0.3) is 0 Å². The van der Waals surface area contributed by atoms with Gasteiger partial charge < -0.3 is 15.6 Å². The lowest BCUT2D eigenvalue weighted by Crippen LogP contribution is -2.44. The number of ether oxygens (including phenoxy) is 1. The molecule has 1 saturated carbocycles. The monoisotopic (exact) mass is 463 g/mol. The molecule has 1 aliphatic carbocycles. The molecule has 0 aromatic carbocycles. The van der Waals surface area contributed by atoms with E-state index in [1.807, 2.05) is 19.1 Å². The second-order valence-corrected chi connectivity index (χ2v) is 10.1. The van der Waals surface area contributed by atoms with Crippen LogP contribution in [0.1, 0.15) is 92.1 Å². The maximum Gasteiger partial charge on any atom is 0.331 e. The Bertz CT molecular complexity index is 781. The highest BCUT2D eigenvalue weighted by Gasteiger charge is 2.25. The van der Waals surface area contributed by atoms with Crippen molar-refractivity contribution in [3.8, 4) is 0 Å². The molecular formula is C25H37NO5S. The fourth-order valence-electron chi connectivity index (χ4n) is 4.11. The summed E-state index contributed by atoms with van der Waals surface area (Å²) in [6.07, 6.45) is 14.4. The number of rotatable bonds is 14. The molecule has 1 unspecified atom stereocenters. The van der Waals surface area contributed by atoms with Crippen molar-refractivity contribution in [3.63, 3.8) is 0 Å². The zero-order valence-corrected chi connectivity index (χ0v) is 20.0. The Balaban J connectivity index is 1.72. The molecule has 1 atom stereocenters. The van der Waals surface area contributed by atoms with Gasteiger partial charge in [-0.15, -0.1) is 11.3 Å². The van der Waals surface area contributed by atoms with Crippen molar-refractivity contribution in [3.05, 3.63) is 34.0 Å². The fraction of sp³-hybridized carbons (Fsp3) is 0.640. The maximum atomic E-state index is 12.5. The van der Waals surface area contributed by atoms with Crippen LogP contribution in [0, 0.1) is 5.92 Å². The van der Waals surface area contributed by atoms with E-state index in [9.17, 15) is 14.4 Å². The van der Waals surface area contributed by atoms with Crippen molar-refractivity contribution >= 4 is 29.1 Å². The smallest absolute Gasteiger partial charge is 0.331 e. The van der Waals surface area contributed by atoms with Gasteiger partial charge in [-0.05, 0) is 43.7 Å². The van der Waals surface area contributed by atoms with Crippen LogP contribution in [0.3, 0.4) is 0 Å². The van der Waals surface area contributed by atoms with Gasteiger partial charge in [-0.1, -0.05) is 51.9 Å². The van der Waals surface area contributed by atoms with Gasteiger partial charge in [0.1, 0.15) is 6.61 Å². The van der Waals surface area contributed by atoms with Crippen LogP contribution in [-0.2, 0) is 20.7 Å². The van der Waals surface area contributed by atoms with E-state index in [1.165, 1.54) is 49.9 Å². The lowest BCUT2D eigenvalue weighted by atomic mass is 9.85. The highest BCUT2D eigenvalue weighted by atomic mass is 32.1. The summed E-state index contributed by atoms with van der Waals surface area (Å²) in [5, 5.41) is 8.56. The minimum Gasteiger partial charge on any atom is -0.478 e. The first-order valence-corrected chi connectivity index (χ1v) is 12.6. The topological polar surface area (TPSA) is 107 Å². The van der Waals surface area contributed by atoms with Gasteiger partial charge >= 0.3 is 11.9 Å². The minimum absolute atomic E-state index is 0.0183. The van der Waals surface area contributed by atoms with Gasteiger partial charge in [-0.2, -0.15) is 0 Å². The van der Waals surface area contributed by atoms with Gasteiger partial charge in [0.2, 0.25) is 0 Å². The summed E-state index contributed by atoms with van der Waals surface area (Å²) >= 11 is 1.52. The molecule has 0 amide bonds. The number of hydrogen-bond donors (Lipinski definition) is 2. The van der Waals surface area contributed by atoms with E-state index in [0.717, 1.165) is 40.7 Å². The molecule has 32 heavy (non-hydrogen) atoms. The summed E-state index contributed by atoms with van der Waals surface area (Å²) in [6.45, 7) is 1.95. The van der Waals surface area contributed by atoms with E-state index in [-0.39, 0.29) is 12.4 Å². The molecule has 2 rings (SSSR count). The molecule has 1 heterocycles. The van der Waals surface area contributed by atoms with Crippen LogP contribution in [0.15, 0.2) is 24.3 Å². The van der Waals surface area contributed by atoms with Crippen molar-refractivity contribution in [2.45, 2.75) is 89.5 Å². The molecule has 0 spiro atoms. The van der Waals surface area contributed by atoms with E-state index >= 15 is 0 Å². The predicted octanol–water partition coefficient (Wildman–Crippen LogP) is 5.30. The Morgan fingerprint density at radius 3 is 2.62 bits per heavy atom. The first kappa shape index (κ1) is 26.3. The normalized spacial score (nSPS) is 16.7. The number of Topliss-reactive ketones (excluding diaryl/α,β-unsaturated/α-hetero) is 1. The van der Waals surface area contributed by atoms with E-state index in [2.05, 4.69) is 0 Å². The molecule has 1 aromatic rings. The standard InChI is InChI=1S/C25H37NO5S/c1-2-25(26,18-31-24(30)15-14-23(28)29)17-16-20-12-13-22(32-20)21(27)11-7-6-10-19-8-4-3-5-9-19/h12-15,19H,2-11,16-18,26H2,1H3,(H,28,29). The van der Waals surface area contributed by atoms with Crippen molar-refractivity contribution in [2.75, 3.05) is 6.61 Å². The van der Waals surface area contributed by atoms with Crippen molar-refractivity contribution in [2.24, 2.45) is 11.7 Å². The van der Waals surface area contributed by atoms with Crippen molar-refractivity contribution in [1.82, 2.24) is 0 Å². The molecular weight excluding hydrogens is 426 g/mol. The maximum absolute atomic E-state index is 12.5. The van der Waals surface area contributed by atoms with Crippen LogP contribution in [0.4, 0.5) is 0 Å². The average molecular weight is 464 g/mol. The van der Waals surface area contributed by atoms with Gasteiger partial charge in [0.05, 0.1) is 10.4 Å². The molecule has 0 radical (unpaired) electrons. The third kappa shape index (κ3) is 9.65. The van der Waals surface area contributed by atoms with E-state index in [1.54, 1.807) is 0 Å². The number of hydrogen-bond acceptors (Lipinski definition) is 6. The van der Waals surface area contributed by atoms with Crippen LogP contribution in [0.2, 0.25) is 0 Å². The Morgan fingerprint density at radius 2 is 1.94 bits per heavy atom. The first-order chi connectivity index (χ1) is 15.3. The zero-order chi connectivity index (χ0) is 23.4. The number of nitrogens with two attached hydrogens (primary N) is 1. The van der Waals surface area contributed by atoms with Crippen LogP contribution < -0.4 is 5.73 Å². The van der Waals surface area contributed by atoms with E-state index < -0.39 is 17.5 Å².